The number of benzene rings is 2. The number of hydrogen-bond donors (Lipinski definition) is 5. The number of aromatic amines is 1. The van der Waals surface area contributed by atoms with Crippen LogP contribution in [-0.2, 0) is 41.7 Å². The van der Waals surface area contributed by atoms with E-state index in [1.165, 1.54) is 0 Å². The number of rotatable bonds is 20. The van der Waals surface area contributed by atoms with Gasteiger partial charge in [0.25, 0.3) is 11.6 Å². The Morgan fingerprint density at radius 1 is 0.618 bits per heavy atom. The van der Waals surface area contributed by atoms with Crippen LogP contribution in [0.15, 0.2) is 60.7 Å². The van der Waals surface area contributed by atoms with Crippen molar-refractivity contribution in [3.8, 4) is 0 Å². The van der Waals surface area contributed by atoms with Gasteiger partial charge in [-0.3, -0.25) is 43.5 Å². The van der Waals surface area contributed by atoms with Crippen LogP contribution in [0.2, 0.25) is 0 Å². The number of nitrogens with zero attached hydrogens (tertiary/aromatic N) is 2. The Morgan fingerprint density at radius 2 is 1.00 bits per heavy atom. The molecule has 0 fully saturated rings. The number of nitrogens with one attached hydrogen (secondary N) is 5. The van der Waals surface area contributed by atoms with Crippen molar-refractivity contribution in [3.05, 3.63) is 83.2 Å². The molecule has 0 radical (unpaired) electrons. The van der Waals surface area contributed by atoms with Gasteiger partial charge in [-0.15, -0.1) is 5.10 Å². The third-order valence-electron chi connectivity index (χ3n) is 8.15. The molecule has 3 rings (SSSR count). The number of H-pyrrole nitrogens is 1. The van der Waals surface area contributed by atoms with Crippen LogP contribution < -0.4 is 21.6 Å². The lowest BCUT2D eigenvalue weighted by Crippen LogP contribution is -2.55. The largest absolute Gasteiger partial charge is 0.344 e. The van der Waals surface area contributed by atoms with Crippen molar-refractivity contribution in [2.24, 2.45) is 11.8 Å². The summed E-state index contributed by atoms with van der Waals surface area (Å²) in [4.78, 5) is 94.1. The Labute approximate surface area is 322 Å². The van der Waals surface area contributed by atoms with Gasteiger partial charge in [0.15, 0.2) is 5.69 Å². The summed E-state index contributed by atoms with van der Waals surface area (Å²) < 4.78 is 0. The van der Waals surface area contributed by atoms with Crippen LogP contribution in [0, 0.1) is 11.8 Å². The number of ketones is 4. The highest BCUT2D eigenvalue weighted by Gasteiger charge is 2.38. The average Bonchev–Trinajstić information content (AvgIpc) is 3.59. The molecule has 15 heteroatoms. The predicted octanol–water partition coefficient (Wildman–Crippen LogP) is 3.45. The van der Waals surface area contributed by atoms with Gasteiger partial charge in [0.2, 0.25) is 23.4 Å². The van der Waals surface area contributed by atoms with Gasteiger partial charge in [-0.05, 0) is 64.5 Å². The average molecular weight is 762 g/mol. The van der Waals surface area contributed by atoms with E-state index in [9.17, 15) is 28.8 Å². The molecule has 5 N–H and O–H groups in total. The van der Waals surface area contributed by atoms with E-state index < -0.39 is 81.7 Å². The molecule has 0 unspecified atom stereocenters. The number of carbonyl (C=O) groups is 6. The maximum absolute atomic E-state index is 14.0. The van der Waals surface area contributed by atoms with E-state index in [0.29, 0.717) is 11.1 Å². The first kappa shape index (κ1) is 44.4. The van der Waals surface area contributed by atoms with Gasteiger partial charge < -0.3 is 10.6 Å². The fourth-order valence-corrected chi connectivity index (χ4v) is 5.21. The van der Waals surface area contributed by atoms with E-state index in [4.69, 9.17) is 9.68 Å². The van der Waals surface area contributed by atoms with Crippen LogP contribution >= 0.6 is 0 Å². The molecular formula is C40H55N7O8. The third kappa shape index (κ3) is 13.7. The Balaban J connectivity index is 1.93. The minimum atomic E-state index is -1.39. The molecule has 4 atom stereocenters. The van der Waals surface area contributed by atoms with Crippen LogP contribution in [0.1, 0.15) is 101 Å². The lowest BCUT2D eigenvalue weighted by atomic mass is 9.94. The second kappa shape index (κ2) is 19.6. The monoisotopic (exact) mass is 761 g/mol. The fourth-order valence-electron chi connectivity index (χ4n) is 5.21. The van der Waals surface area contributed by atoms with Crippen molar-refractivity contribution in [3.63, 3.8) is 0 Å². The van der Waals surface area contributed by atoms with E-state index >= 15 is 0 Å². The summed E-state index contributed by atoms with van der Waals surface area (Å²) in [5, 5.41) is 15.0. The first-order chi connectivity index (χ1) is 25.7. The molecule has 0 aliphatic rings. The molecule has 0 bridgehead atoms. The molecule has 2 amide bonds. The number of hydrogen-bond acceptors (Lipinski definition) is 12. The highest BCUT2D eigenvalue weighted by atomic mass is 16.7. The lowest BCUT2D eigenvalue weighted by Gasteiger charge is -2.28. The second-order valence-corrected chi connectivity index (χ2v) is 16.0. The zero-order chi connectivity index (χ0) is 41.1. The number of aromatic nitrogens is 3. The zero-order valence-electron chi connectivity index (χ0n) is 33.3. The van der Waals surface area contributed by atoms with Crippen LogP contribution in [0.4, 0.5) is 0 Å². The number of hydroxylamine groups is 2. The van der Waals surface area contributed by atoms with Crippen LogP contribution in [0.3, 0.4) is 0 Å². The quantitative estimate of drug-likeness (QED) is 0.0637. The maximum Gasteiger partial charge on any atom is 0.253 e. The van der Waals surface area contributed by atoms with E-state index in [1.807, 2.05) is 0 Å². The van der Waals surface area contributed by atoms with Gasteiger partial charge >= 0.3 is 0 Å². The normalized spacial score (nSPS) is 14.2. The molecule has 298 valence electrons. The number of amides is 2. The summed E-state index contributed by atoms with van der Waals surface area (Å²) >= 11 is 0. The molecule has 0 saturated carbocycles. The van der Waals surface area contributed by atoms with Crippen molar-refractivity contribution in [2.75, 3.05) is 0 Å². The summed E-state index contributed by atoms with van der Waals surface area (Å²) in [5.74, 6) is -6.41. The first-order valence-corrected chi connectivity index (χ1v) is 18.3. The molecule has 0 aliphatic carbocycles. The fraction of sp³-hybridized carbons (Fsp3) is 0.500. The van der Waals surface area contributed by atoms with Crippen LogP contribution in [0.5, 0.6) is 0 Å². The molecule has 0 aliphatic heterocycles. The molecule has 1 heterocycles. The maximum atomic E-state index is 14.0. The third-order valence-corrected chi connectivity index (χ3v) is 8.15. The first-order valence-electron chi connectivity index (χ1n) is 18.3. The molecule has 0 spiro atoms. The van der Waals surface area contributed by atoms with E-state index in [1.54, 1.807) is 130 Å². The minimum absolute atomic E-state index is 0.0684. The van der Waals surface area contributed by atoms with Gasteiger partial charge in [0.05, 0.1) is 23.3 Å². The second-order valence-electron chi connectivity index (χ2n) is 16.0. The van der Waals surface area contributed by atoms with Gasteiger partial charge in [-0.1, -0.05) is 93.6 Å². The molecule has 3 aromatic rings. The molecule has 55 heavy (non-hydrogen) atoms. The highest BCUT2D eigenvalue weighted by molar-refractivity contribution is 6.50. The number of carbonyl (C=O) groups excluding carboxylic acids is 6. The predicted molar refractivity (Wildman–Crippen MR) is 204 cm³/mol. The van der Waals surface area contributed by atoms with E-state index in [0.717, 1.165) is 0 Å². The van der Waals surface area contributed by atoms with Crippen molar-refractivity contribution in [1.82, 2.24) is 37.0 Å². The molecule has 15 nitrogen and oxygen atoms in total. The van der Waals surface area contributed by atoms with Gasteiger partial charge in [0.1, 0.15) is 17.8 Å². The Hall–Kier alpha value is -4.96. The smallest absolute Gasteiger partial charge is 0.253 e. The Morgan fingerprint density at radius 3 is 1.36 bits per heavy atom. The lowest BCUT2D eigenvalue weighted by molar-refractivity contribution is -0.140. The SMILES string of the molecule is CC(C)[C@H](NOC(C)(C)C)C(=O)N[C@@H](Cc1ccccc1)C(=O)C(=O)c1nn[nH]c1C(=O)C(=O)[C@H](Cc1ccccc1)NC(=O)[C@@H](NOC(C)(C)C)C(C)C. The number of Topliss-reactive ketones (excluding diaryl/α,β-unsaturated/α-hetero) is 4. The summed E-state index contributed by atoms with van der Waals surface area (Å²) in [7, 11) is 0. The van der Waals surface area contributed by atoms with Crippen molar-refractivity contribution >= 4 is 34.9 Å². The molecule has 2 aromatic carbocycles. The Kier molecular flexibility index (Phi) is 15.8. The minimum Gasteiger partial charge on any atom is -0.344 e. The van der Waals surface area contributed by atoms with Crippen LogP contribution in [0.25, 0.3) is 0 Å². The van der Waals surface area contributed by atoms with Crippen LogP contribution in [-0.4, -0.2) is 85.7 Å². The van der Waals surface area contributed by atoms with E-state index in [-0.39, 0.29) is 24.7 Å². The standard InChI is InChI=1S/C40H55N7O8/c1-23(2)29(45-54-39(5,6)7)37(52)41-27(21-25-17-13-11-14-18-25)33(48)35(50)31-32(44-47-43-31)36(51)34(49)28(22-26-19-15-12-16-20-26)42-38(53)30(24(3)4)46-55-40(8,9)10/h11-20,23-24,27-30,45-46H,21-22H2,1-10H3,(H,41,52)(H,42,53)(H,43,44,47)/t27-,28-,29-,30-/m0/s1. The summed E-state index contributed by atoms with van der Waals surface area (Å²) in [6, 6.07) is 12.9. The molecular weight excluding hydrogens is 706 g/mol. The highest BCUT2D eigenvalue weighted by Crippen LogP contribution is 2.16. The topological polar surface area (TPSA) is 211 Å². The Bertz CT molecular complexity index is 1650. The molecule has 1 aromatic heterocycles. The van der Waals surface area contributed by atoms with Crippen molar-refractivity contribution < 1.29 is 38.4 Å². The zero-order valence-corrected chi connectivity index (χ0v) is 33.3. The van der Waals surface area contributed by atoms with Crippen molar-refractivity contribution in [2.45, 2.75) is 117 Å². The van der Waals surface area contributed by atoms with Gasteiger partial charge in [0, 0.05) is 12.8 Å². The van der Waals surface area contributed by atoms with Gasteiger partial charge in [-0.25, -0.2) is 0 Å². The van der Waals surface area contributed by atoms with Gasteiger partial charge in [-0.2, -0.15) is 11.0 Å². The summed E-state index contributed by atoms with van der Waals surface area (Å²) in [6.45, 7) is 18.0. The summed E-state index contributed by atoms with van der Waals surface area (Å²) in [5.41, 5.74) is 4.23. The molecule has 0 saturated heterocycles. The van der Waals surface area contributed by atoms with E-state index in [2.05, 4.69) is 37.0 Å². The summed E-state index contributed by atoms with van der Waals surface area (Å²) in [6.07, 6.45) is -0.141. The van der Waals surface area contributed by atoms with Crippen molar-refractivity contribution in [1.29, 1.82) is 0 Å².